The molecule has 4 heteroatoms. The van der Waals surface area contributed by atoms with Crippen molar-refractivity contribution in [2.45, 2.75) is 11.8 Å². The number of hydrogen-bond donors (Lipinski definition) is 2. The summed E-state index contributed by atoms with van der Waals surface area (Å²) in [6.45, 7) is -0.125. The van der Waals surface area contributed by atoms with Crippen LogP contribution in [0.25, 0.3) is 0 Å². The van der Waals surface area contributed by atoms with Crippen LogP contribution in [0.4, 0.5) is 0 Å². The first kappa shape index (κ1) is 15.6. The van der Waals surface area contributed by atoms with E-state index in [1.54, 1.807) is 11.8 Å². The van der Waals surface area contributed by atoms with Gasteiger partial charge in [0.2, 0.25) is 0 Å². The lowest BCUT2D eigenvalue weighted by molar-refractivity contribution is 0.0916. The largest absolute Gasteiger partial charge is 0.394 e. The lowest BCUT2D eigenvalue weighted by Gasteiger charge is -2.16. The van der Waals surface area contributed by atoms with Crippen LogP contribution in [-0.4, -0.2) is 23.9 Å². The monoisotopic (exact) mass is 301 g/mol. The van der Waals surface area contributed by atoms with Gasteiger partial charge in [0.15, 0.2) is 0 Å². The molecule has 3 nitrogen and oxygen atoms in total. The Balaban J connectivity index is 2.05. The molecular formula is C17H19NO2S. The maximum absolute atomic E-state index is 12.2. The molecule has 0 aromatic heterocycles. The summed E-state index contributed by atoms with van der Waals surface area (Å²) >= 11 is 1.75. The Morgan fingerprint density at radius 3 is 2.38 bits per heavy atom. The van der Waals surface area contributed by atoms with Crippen molar-refractivity contribution in [3.63, 3.8) is 0 Å². The summed E-state index contributed by atoms with van der Waals surface area (Å²) in [7, 11) is 0. The summed E-state index contributed by atoms with van der Waals surface area (Å²) in [6.07, 6.45) is 2.05. The van der Waals surface area contributed by atoms with Crippen molar-refractivity contribution in [1.82, 2.24) is 5.32 Å². The van der Waals surface area contributed by atoms with E-state index in [0.29, 0.717) is 5.56 Å². The number of carbonyl (C=O) groups excluding carboxylic acids is 1. The van der Waals surface area contributed by atoms with Gasteiger partial charge in [-0.2, -0.15) is 11.8 Å². The molecule has 0 radical (unpaired) electrons. The van der Waals surface area contributed by atoms with Crippen molar-refractivity contribution >= 4 is 17.7 Å². The van der Waals surface area contributed by atoms with E-state index in [9.17, 15) is 9.90 Å². The van der Waals surface area contributed by atoms with Crippen molar-refractivity contribution in [1.29, 1.82) is 0 Å². The molecule has 0 saturated heterocycles. The fraction of sp³-hybridized carbons (Fsp3) is 0.235. The van der Waals surface area contributed by atoms with Gasteiger partial charge in [0.1, 0.15) is 0 Å². The molecule has 2 rings (SSSR count). The van der Waals surface area contributed by atoms with Gasteiger partial charge < -0.3 is 10.4 Å². The summed E-state index contributed by atoms with van der Waals surface area (Å²) in [4.78, 5) is 12.2. The zero-order chi connectivity index (χ0) is 15.1. The third-order valence-electron chi connectivity index (χ3n) is 3.22. The summed E-state index contributed by atoms with van der Waals surface area (Å²) in [5.41, 5.74) is 2.70. The molecule has 1 amide bonds. The van der Waals surface area contributed by atoms with Crippen molar-refractivity contribution in [2.75, 3.05) is 12.9 Å². The number of thioether (sulfide) groups is 1. The summed E-state index contributed by atoms with van der Waals surface area (Å²) in [5.74, 6) is 0.763. The van der Waals surface area contributed by atoms with Crippen LogP contribution in [0.2, 0.25) is 0 Å². The number of nitrogens with one attached hydrogen (secondary N) is 1. The number of rotatable bonds is 6. The summed E-state index contributed by atoms with van der Waals surface area (Å²) in [5, 5.41) is 12.3. The van der Waals surface area contributed by atoms with Gasteiger partial charge in [-0.1, -0.05) is 42.5 Å². The first-order valence-electron chi connectivity index (χ1n) is 6.79. The third-order valence-corrected chi connectivity index (χ3v) is 3.84. The Morgan fingerprint density at radius 1 is 1.14 bits per heavy atom. The number of amides is 1. The Kier molecular flexibility index (Phi) is 5.84. The number of aliphatic hydroxyl groups excluding tert-OH is 1. The van der Waals surface area contributed by atoms with E-state index >= 15 is 0 Å². The predicted octanol–water partition coefficient (Wildman–Crippen LogP) is 3.01. The normalized spacial score (nSPS) is 11.9. The molecular weight excluding hydrogens is 282 g/mol. The van der Waals surface area contributed by atoms with E-state index in [1.165, 1.54) is 5.56 Å². The van der Waals surface area contributed by atoms with E-state index in [4.69, 9.17) is 0 Å². The zero-order valence-electron chi connectivity index (χ0n) is 12.0. The van der Waals surface area contributed by atoms with Crippen LogP contribution in [-0.2, 0) is 5.75 Å². The molecule has 1 atom stereocenters. The maximum Gasteiger partial charge on any atom is 0.251 e. The second kappa shape index (κ2) is 7.86. The van der Waals surface area contributed by atoms with Gasteiger partial charge in [0.05, 0.1) is 12.6 Å². The van der Waals surface area contributed by atoms with Crippen LogP contribution in [0, 0.1) is 0 Å². The zero-order valence-corrected chi connectivity index (χ0v) is 12.8. The van der Waals surface area contributed by atoms with E-state index < -0.39 is 0 Å². The van der Waals surface area contributed by atoms with Gasteiger partial charge in [0, 0.05) is 11.3 Å². The SMILES string of the molecule is CSCc1ccc(C(=O)NC(CO)c2ccccc2)cc1. The molecule has 0 heterocycles. The lowest BCUT2D eigenvalue weighted by atomic mass is 10.1. The van der Waals surface area contributed by atoms with E-state index in [1.807, 2.05) is 60.9 Å². The van der Waals surface area contributed by atoms with Gasteiger partial charge in [0.25, 0.3) is 5.91 Å². The van der Waals surface area contributed by atoms with Crippen molar-refractivity contribution < 1.29 is 9.90 Å². The number of aliphatic hydroxyl groups is 1. The van der Waals surface area contributed by atoms with E-state index in [-0.39, 0.29) is 18.6 Å². The molecule has 0 aliphatic carbocycles. The van der Waals surface area contributed by atoms with Crippen molar-refractivity contribution in [3.05, 3.63) is 71.3 Å². The summed E-state index contributed by atoms with van der Waals surface area (Å²) < 4.78 is 0. The van der Waals surface area contributed by atoms with Crippen LogP contribution >= 0.6 is 11.8 Å². The average molecular weight is 301 g/mol. The molecule has 0 aliphatic heterocycles. The van der Waals surface area contributed by atoms with Crippen LogP contribution in [0.15, 0.2) is 54.6 Å². The molecule has 1 unspecified atom stereocenters. The Hall–Kier alpha value is -1.78. The topological polar surface area (TPSA) is 49.3 Å². The molecule has 0 saturated carbocycles. The lowest BCUT2D eigenvalue weighted by Crippen LogP contribution is -2.30. The Bertz CT molecular complexity index is 569. The van der Waals surface area contributed by atoms with Crippen molar-refractivity contribution in [2.24, 2.45) is 0 Å². The van der Waals surface area contributed by atoms with Gasteiger partial charge in [-0.25, -0.2) is 0 Å². The minimum Gasteiger partial charge on any atom is -0.394 e. The number of benzene rings is 2. The van der Waals surface area contributed by atoms with Crippen molar-refractivity contribution in [3.8, 4) is 0 Å². The second-order valence-electron chi connectivity index (χ2n) is 4.75. The smallest absolute Gasteiger partial charge is 0.251 e. The highest BCUT2D eigenvalue weighted by atomic mass is 32.2. The minimum atomic E-state index is -0.385. The fourth-order valence-electron chi connectivity index (χ4n) is 2.08. The van der Waals surface area contributed by atoms with Crippen LogP contribution < -0.4 is 5.32 Å². The Morgan fingerprint density at radius 2 is 1.81 bits per heavy atom. The van der Waals surface area contributed by atoms with Crippen LogP contribution in [0.3, 0.4) is 0 Å². The average Bonchev–Trinajstić information content (AvgIpc) is 2.54. The van der Waals surface area contributed by atoms with Gasteiger partial charge in [-0.15, -0.1) is 0 Å². The van der Waals surface area contributed by atoms with E-state index in [2.05, 4.69) is 5.32 Å². The maximum atomic E-state index is 12.2. The quantitative estimate of drug-likeness (QED) is 0.862. The highest BCUT2D eigenvalue weighted by molar-refractivity contribution is 7.97. The summed E-state index contributed by atoms with van der Waals surface area (Å²) in [6, 6.07) is 16.6. The highest BCUT2D eigenvalue weighted by Crippen LogP contribution is 2.14. The number of carbonyl (C=O) groups is 1. The fourth-order valence-corrected chi connectivity index (χ4v) is 2.61. The van der Waals surface area contributed by atoms with Gasteiger partial charge in [-0.05, 0) is 29.5 Å². The molecule has 0 spiro atoms. The van der Waals surface area contributed by atoms with Crippen LogP contribution in [0.5, 0.6) is 0 Å². The molecule has 110 valence electrons. The second-order valence-corrected chi connectivity index (χ2v) is 5.62. The molecule has 0 fully saturated rings. The molecule has 2 N–H and O–H groups in total. The van der Waals surface area contributed by atoms with Crippen LogP contribution in [0.1, 0.15) is 27.5 Å². The number of hydrogen-bond acceptors (Lipinski definition) is 3. The molecule has 0 bridgehead atoms. The Labute approximate surface area is 129 Å². The molecule has 21 heavy (non-hydrogen) atoms. The highest BCUT2D eigenvalue weighted by Gasteiger charge is 2.14. The van der Waals surface area contributed by atoms with Gasteiger partial charge >= 0.3 is 0 Å². The first-order valence-corrected chi connectivity index (χ1v) is 8.18. The molecule has 2 aromatic carbocycles. The molecule has 2 aromatic rings. The third kappa shape index (κ3) is 4.34. The van der Waals surface area contributed by atoms with Gasteiger partial charge in [-0.3, -0.25) is 4.79 Å². The molecule has 0 aliphatic rings. The minimum absolute atomic E-state index is 0.125. The first-order chi connectivity index (χ1) is 10.2. The standard InChI is InChI=1S/C17H19NO2S/c1-21-12-13-7-9-15(10-8-13)17(20)18-16(11-19)14-5-3-2-4-6-14/h2-10,16,19H,11-12H2,1H3,(H,18,20). The van der Waals surface area contributed by atoms with E-state index in [0.717, 1.165) is 11.3 Å². The predicted molar refractivity (Wildman–Crippen MR) is 87.4 cm³/mol.